The van der Waals surface area contributed by atoms with E-state index in [1.54, 1.807) is 6.07 Å². The molecule has 1 aliphatic carbocycles. The number of nitrogen functional groups attached to an aromatic ring is 1. The summed E-state index contributed by atoms with van der Waals surface area (Å²) in [6.07, 6.45) is -2.86. The van der Waals surface area contributed by atoms with E-state index in [2.05, 4.69) is 29.0 Å². The number of H-pyrrole nitrogens is 1. The molecule has 2 aromatic heterocycles. The van der Waals surface area contributed by atoms with Gasteiger partial charge in [-0.25, -0.2) is 4.98 Å². The average Bonchev–Trinajstić information content (AvgIpc) is 3.04. The van der Waals surface area contributed by atoms with Gasteiger partial charge in [0.05, 0.1) is 16.6 Å². The molecule has 7 heteroatoms. The summed E-state index contributed by atoms with van der Waals surface area (Å²) in [4.78, 5) is 4.56. The van der Waals surface area contributed by atoms with Crippen molar-refractivity contribution in [3.05, 3.63) is 41.0 Å². The highest BCUT2D eigenvalue weighted by molar-refractivity contribution is 5.93. The van der Waals surface area contributed by atoms with Gasteiger partial charge < -0.3 is 5.73 Å². The van der Waals surface area contributed by atoms with Crippen molar-refractivity contribution in [2.24, 2.45) is 5.41 Å². The number of aromatic nitrogens is 3. The van der Waals surface area contributed by atoms with Crippen LogP contribution < -0.4 is 5.73 Å². The van der Waals surface area contributed by atoms with Crippen LogP contribution in [-0.4, -0.2) is 15.2 Å². The van der Waals surface area contributed by atoms with Crippen LogP contribution >= 0.6 is 0 Å². The second-order valence-electron chi connectivity index (χ2n) is 7.35. The molecule has 3 aromatic rings. The van der Waals surface area contributed by atoms with Gasteiger partial charge >= 0.3 is 6.18 Å². The van der Waals surface area contributed by atoms with Gasteiger partial charge in [-0.1, -0.05) is 26.0 Å². The Morgan fingerprint density at radius 2 is 1.88 bits per heavy atom. The zero-order chi connectivity index (χ0) is 18.0. The molecule has 0 aliphatic heterocycles. The molecule has 2 heterocycles. The minimum atomic E-state index is -4.39. The largest absolute Gasteiger partial charge is 0.416 e. The molecule has 0 radical (unpaired) electrons. The van der Waals surface area contributed by atoms with E-state index >= 15 is 0 Å². The fourth-order valence-electron chi connectivity index (χ4n) is 3.68. The lowest BCUT2D eigenvalue weighted by Gasteiger charge is -2.15. The summed E-state index contributed by atoms with van der Waals surface area (Å²) in [5, 5.41) is 7.60. The molecule has 25 heavy (non-hydrogen) atoms. The summed E-state index contributed by atoms with van der Waals surface area (Å²) in [5.41, 5.74) is 8.84. The standard InChI is InChI=1S/C18H17F3N4/c1-17(2)7-11-12(8-17)14(23-16-13(11)15(22)24-25-16)9-4-3-5-10(6-9)18(19,20)21/h3-6H,7-8H2,1-2H3,(H3,22,23,24,25). The SMILES string of the molecule is CC1(C)Cc2c(-c3cccc(C(F)(F)F)c3)nc3[nH]nc(N)c3c2C1. The molecule has 0 atom stereocenters. The van der Waals surface area contributed by atoms with Crippen molar-refractivity contribution in [3.63, 3.8) is 0 Å². The molecule has 0 fully saturated rings. The molecule has 4 nitrogen and oxygen atoms in total. The number of anilines is 1. The van der Waals surface area contributed by atoms with Crippen LogP contribution in [0, 0.1) is 5.41 Å². The average molecular weight is 346 g/mol. The van der Waals surface area contributed by atoms with E-state index in [1.807, 2.05) is 0 Å². The summed E-state index contributed by atoms with van der Waals surface area (Å²) in [6, 6.07) is 5.30. The lowest BCUT2D eigenvalue weighted by Crippen LogP contribution is -2.10. The lowest BCUT2D eigenvalue weighted by atomic mass is 9.89. The summed E-state index contributed by atoms with van der Waals surface area (Å²) in [5.74, 6) is 0.382. The molecule has 4 rings (SSSR count). The second kappa shape index (κ2) is 4.97. The normalized spacial score (nSPS) is 16.4. The third-order valence-corrected chi connectivity index (χ3v) is 4.72. The number of hydrogen-bond donors (Lipinski definition) is 2. The molecule has 1 aromatic carbocycles. The maximum absolute atomic E-state index is 13.1. The van der Waals surface area contributed by atoms with Crippen molar-refractivity contribution in [1.82, 2.24) is 15.2 Å². The summed E-state index contributed by atoms with van der Waals surface area (Å²) in [6.45, 7) is 4.26. The van der Waals surface area contributed by atoms with Gasteiger partial charge in [0.25, 0.3) is 0 Å². The van der Waals surface area contributed by atoms with Gasteiger partial charge in [-0.15, -0.1) is 0 Å². The van der Waals surface area contributed by atoms with Gasteiger partial charge in [0, 0.05) is 5.56 Å². The van der Waals surface area contributed by atoms with Gasteiger partial charge in [-0.3, -0.25) is 5.10 Å². The number of nitrogens with two attached hydrogens (primary N) is 1. The number of hydrogen-bond acceptors (Lipinski definition) is 3. The maximum Gasteiger partial charge on any atom is 0.416 e. The van der Waals surface area contributed by atoms with E-state index < -0.39 is 11.7 Å². The van der Waals surface area contributed by atoms with Crippen LogP contribution in [0.2, 0.25) is 0 Å². The topological polar surface area (TPSA) is 67.6 Å². The Morgan fingerprint density at radius 1 is 1.16 bits per heavy atom. The number of benzene rings is 1. The number of alkyl halides is 3. The Labute approximate surface area is 142 Å². The van der Waals surface area contributed by atoms with Crippen molar-refractivity contribution in [3.8, 4) is 11.3 Å². The van der Waals surface area contributed by atoms with Crippen LogP contribution in [0.1, 0.15) is 30.5 Å². The van der Waals surface area contributed by atoms with Gasteiger partial charge in [0.2, 0.25) is 0 Å². The highest BCUT2D eigenvalue weighted by atomic mass is 19.4. The van der Waals surface area contributed by atoms with Crippen LogP contribution in [0.25, 0.3) is 22.3 Å². The molecule has 0 amide bonds. The molecule has 0 saturated carbocycles. The number of aromatic amines is 1. The zero-order valence-electron chi connectivity index (χ0n) is 13.8. The molecule has 3 N–H and O–H groups in total. The van der Waals surface area contributed by atoms with Crippen LogP contribution in [0.5, 0.6) is 0 Å². The van der Waals surface area contributed by atoms with Crippen LogP contribution in [-0.2, 0) is 19.0 Å². The fourth-order valence-corrected chi connectivity index (χ4v) is 3.68. The predicted molar refractivity (Wildman–Crippen MR) is 89.9 cm³/mol. The zero-order valence-corrected chi connectivity index (χ0v) is 13.8. The summed E-state index contributed by atoms with van der Waals surface area (Å²) < 4.78 is 39.3. The molecule has 0 spiro atoms. The predicted octanol–water partition coefficient (Wildman–Crippen LogP) is 4.35. The highest BCUT2D eigenvalue weighted by Gasteiger charge is 2.35. The maximum atomic E-state index is 13.1. The number of halogens is 3. The minimum absolute atomic E-state index is 0.00159. The van der Waals surface area contributed by atoms with Crippen LogP contribution in [0.4, 0.5) is 19.0 Å². The quantitative estimate of drug-likeness (QED) is 0.688. The van der Waals surface area contributed by atoms with E-state index in [0.29, 0.717) is 22.7 Å². The van der Waals surface area contributed by atoms with Crippen LogP contribution in [0.3, 0.4) is 0 Å². The van der Waals surface area contributed by atoms with Gasteiger partial charge in [0.1, 0.15) is 0 Å². The smallest absolute Gasteiger partial charge is 0.382 e. The molecule has 0 saturated heterocycles. The fraction of sp³-hybridized carbons (Fsp3) is 0.333. The number of rotatable bonds is 1. The molecule has 130 valence electrons. The van der Waals surface area contributed by atoms with E-state index in [0.717, 1.165) is 41.5 Å². The lowest BCUT2D eigenvalue weighted by molar-refractivity contribution is -0.137. The van der Waals surface area contributed by atoms with E-state index in [-0.39, 0.29) is 5.41 Å². The van der Waals surface area contributed by atoms with Crippen molar-refractivity contribution >= 4 is 16.9 Å². The Morgan fingerprint density at radius 3 is 2.60 bits per heavy atom. The third kappa shape index (κ3) is 2.54. The van der Waals surface area contributed by atoms with Crippen LogP contribution in [0.15, 0.2) is 24.3 Å². The van der Waals surface area contributed by atoms with Crippen molar-refractivity contribution in [2.75, 3.05) is 5.73 Å². The van der Waals surface area contributed by atoms with E-state index in [1.165, 1.54) is 6.07 Å². The summed E-state index contributed by atoms with van der Waals surface area (Å²) in [7, 11) is 0. The Balaban J connectivity index is 1.98. The number of nitrogens with one attached hydrogen (secondary N) is 1. The third-order valence-electron chi connectivity index (χ3n) is 4.72. The second-order valence-corrected chi connectivity index (χ2v) is 7.35. The molecular formula is C18H17F3N4. The van der Waals surface area contributed by atoms with Crippen molar-refractivity contribution in [1.29, 1.82) is 0 Å². The monoisotopic (exact) mass is 346 g/mol. The summed E-state index contributed by atoms with van der Waals surface area (Å²) >= 11 is 0. The van der Waals surface area contributed by atoms with E-state index in [9.17, 15) is 13.2 Å². The number of fused-ring (bicyclic) bond motifs is 3. The van der Waals surface area contributed by atoms with E-state index in [4.69, 9.17) is 5.73 Å². The van der Waals surface area contributed by atoms with Gasteiger partial charge in [-0.05, 0) is 41.5 Å². The first kappa shape index (κ1) is 15.9. The molecule has 0 unspecified atom stereocenters. The van der Waals surface area contributed by atoms with Crippen molar-refractivity contribution in [2.45, 2.75) is 32.9 Å². The van der Waals surface area contributed by atoms with Gasteiger partial charge in [0.15, 0.2) is 11.5 Å². The molecule has 1 aliphatic rings. The first-order valence-electron chi connectivity index (χ1n) is 7.99. The first-order valence-corrected chi connectivity index (χ1v) is 7.99. The Kier molecular flexibility index (Phi) is 3.17. The Hall–Kier alpha value is -2.57. The molecular weight excluding hydrogens is 329 g/mol. The van der Waals surface area contributed by atoms with Crippen molar-refractivity contribution < 1.29 is 13.2 Å². The Bertz CT molecular complexity index is 986. The van der Waals surface area contributed by atoms with Gasteiger partial charge in [-0.2, -0.15) is 18.3 Å². The molecule has 0 bridgehead atoms. The number of nitrogens with zero attached hydrogens (tertiary/aromatic N) is 2. The highest BCUT2D eigenvalue weighted by Crippen LogP contribution is 2.44. The number of pyridine rings is 1. The minimum Gasteiger partial charge on any atom is -0.382 e. The first-order chi connectivity index (χ1) is 11.7.